The van der Waals surface area contributed by atoms with Crippen LogP contribution < -0.4 is 10.6 Å². The molecular formula is C25H30F4N6OS. The van der Waals surface area contributed by atoms with Crippen LogP contribution in [0.15, 0.2) is 24.3 Å². The second kappa shape index (κ2) is 10.6. The van der Waals surface area contributed by atoms with Crippen molar-refractivity contribution in [2.24, 2.45) is 5.92 Å². The van der Waals surface area contributed by atoms with Gasteiger partial charge < -0.3 is 20.1 Å². The number of alkyl halides is 4. The lowest BCUT2D eigenvalue weighted by Crippen LogP contribution is -2.46. The largest absolute Gasteiger partial charge is 0.406 e. The van der Waals surface area contributed by atoms with Crippen LogP contribution in [0, 0.1) is 5.92 Å². The fourth-order valence-electron chi connectivity index (χ4n) is 5.28. The number of hydrogen-bond donors (Lipinski definition) is 2. The van der Waals surface area contributed by atoms with Crippen LogP contribution in [0.2, 0.25) is 0 Å². The first-order chi connectivity index (χ1) is 17.7. The van der Waals surface area contributed by atoms with Crippen molar-refractivity contribution >= 4 is 33.8 Å². The Morgan fingerprint density at radius 1 is 1.19 bits per heavy atom. The van der Waals surface area contributed by atoms with Crippen LogP contribution in [0.25, 0.3) is 21.6 Å². The molecule has 3 aromatic rings. The van der Waals surface area contributed by atoms with Crippen molar-refractivity contribution < 1.29 is 22.4 Å². The van der Waals surface area contributed by atoms with Gasteiger partial charge in [-0.25, -0.2) is 4.39 Å². The summed E-state index contributed by atoms with van der Waals surface area (Å²) in [6.07, 6.45) is -1.10. The van der Waals surface area contributed by atoms with Crippen molar-refractivity contribution in [2.75, 3.05) is 25.5 Å². The molecule has 12 heteroatoms. The highest BCUT2D eigenvalue weighted by Gasteiger charge is 2.32. The zero-order valence-electron chi connectivity index (χ0n) is 20.5. The molecule has 1 aliphatic heterocycles. The van der Waals surface area contributed by atoms with Crippen molar-refractivity contribution in [1.29, 1.82) is 0 Å². The summed E-state index contributed by atoms with van der Waals surface area (Å²) >= 11 is 1.16. The van der Waals surface area contributed by atoms with E-state index in [0.29, 0.717) is 39.6 Å². The second-order valence-corrected chi connectivity index (χ2v) is 11.0. The minimum absolute atomic E-state index is 0.0149. The summed E-state index contributed by atoms with van der Waals surface area (Å²) in [5.74, 6) is -0.00247. The Hall–Kier alpha value is -2.73. The van der Waals surface area contributed by atoms with E-state index in [4.69, 9.17) is 0 Å². The lowest BCUT2D eigenvalue weighted by atomic mass is 10.0. The number of halogens is 4. The number of piperidine rings is 1. The Balaban J connectivity index is 1.43. The molecule has 1 saturated carbocycles. The third kappa shape index (κ3) is 5.90. The van der Waals surface area contributed by atoms with Gasteiger partial charge in [-0.1, -0.05) is 30.2 Å². The van der Waals surface area contributed by atoms with Crippen LogP contribution in [-0.2, 0) is 17.9 Å². The average Bonchev–Trinajstić information content (AvgIpc) is 3.59. The van der Waals surface area contributed by atoms with Crippen LogP contribution in [0.5, 0.6) is 0 Å². The van der Waals surface area contributed by atoms with E-state index >= 15 is 0 Å². The Morgan fingerprint density at radius 2 is 1.97 bits per heavy atom. The van der Waals surface area contributed by atoms with Gasteiger partial charge in [0.25, 0.3) is 0 Å². The van der Waals surface area contributed by atoms with Crippen molar-refractivity contribution in [2.45, 2.75) is 63.6 Å². The van der Waals surface area contributed by atoms with Gasteiger partial charge in [0.15, 0.2) is 5.01 Å². The molecule has 2 N–H and O–H groups in total. The van der Waals surface area contributed by atoms with Crippen LogP contribution in [0.3, 0.4) is 0 Å². The number of nitrogens with zero attached hydrogens (tertiary/aromatic N) is 4. The second-order valence-electron chi connectivity index (χ2n) is 9.99. The molecule has 1 saturated heterocycles. The van der Waals surface area contributed by atoms with Crippen LogP contribution in [0.1, 0.15) is 37.1 Å². The third-order valence-corrected chi connectivity index (χ3v) is 8.14. The highest BCUT2D eigenvalue weighted by molar-refractivity contribution is 7.14. The molecule has 2 fully saturated rings. The maximum Gasteiger partial charge on any atom is 0.406 e. The topological polar surface area (TPSA) is 75.1 Å². The highest BCUT2D eigenvalue weighted by atomic mass is 32.1. The molecule has 0 unspecified atom stereocenters. The monoisotopic (exact) mass is 538 g/mol. The third-order valence-electron chi connectivity index (χ3n) is 7.19. The van der Waals surface area contributed by atoms with Crippen LogP contribution >= 0.6 is 11.3 Å². The maximum absolute atomic E-state index is 14.7. The summed E-state index contributed by atoms with van der Waals surface area (Å²) in [4.78, 5) is 14.3. The summed E-state index contributed by atoms with van der Waals surface area (Å²) < 4.78 is 56.7. The van der Waals surface area contributed by atoms with Crippen LogP contribution in [-0.4, -0.2) is 64.1 Å². The summed E-state index contributed by atoms with van der Waals surface area (Å²) in [5, 5.41) is 15.8. The molecule has 1 amide bonds. The zero-order valence-corrected chi connectivity index (χ0v) is 21.3. The minimum Gasteiger partial charge on any atom is -0.379 e. The van der Waals surface area contributed by atoms with Gasteiger partial charge in [0, 0.05) is 30.1 Å². The fourth-order valence-corrected chi connectivity index (χ4v) is 6.08. The van der Waals surface area contributed by atoms with E-state index < -0.39 is 24.9 Å². The SMILES string of the molecule is CN1CC[C@@H](Nc2cccc3c2cc(-c2nnc(CNC(=O)C4CCCC4)s2)n3CC(F)(F)F)[C@@H](F)C1. The van der Waals surface area contributed by atoms with Gasteiger partial charge in [-0.2, -0.15) is 13.2 Å². The number of hydrogen-bond acceptors (Lipinski definition) is 6. The van der Waals surface area contributed by atoms with E-state index in [-0.39, 0.29) is 24.1 Å². The number of likely N-dealkylation sites (tertiary alicyclic amines) is 1. The van der Waals surface area contributed by atoms with Crippen molar-refractivity contribution in [3.05, 3.63) is 29.3 Å². The van der Waals surface area contributed by atoms with E-state index in [1.54, 1.807) is 24.3 Å². The van der Waals surface area contributed by atoms with Gasteiger partial charge in [0.1, 0.15) is 17.7 Å². The van der Waals surface area contributed by atoms with E-state index in [1.807, 2.05) is 11.9 Å². The molecule has 1 aromatic carbocycles. The van der Waals surface area contributed by atoms with E-state index in [9.17, 15) is 22.4 Å². The van der Waals surface area contributed by atoms with Crippen molar-refractivity contribution in [3.8, 4) is 10.7 Å². The van der Waals surface area contributed by atoms with Crippen molar-refractivity contribution in [3.63, 3.8) is 0 Å². The first-order valence-electron chi connectivity index (χ1n) is 12.6. The van der Waals surface area contributed by atoms with Gasteiger partial charge in [-0.3, -0.25) is 4.79 Å². The molecule has 7 nitrogen and oxygen atoms in total. The molecule has 0 bridgehead atoms. The Labute approximate surface area is 216 Å². The Kier molecular flexibility index (Phi) is 7.39. The standard InChI is InChI=1S/C25H30F4N6OS/c1-34-10-9-19(17(26)13-34)31-18-7-4-8-20-16(18)11-21(35(20)14-25(27,28)29)24-33-32-22(37-24)12-30-23(36)15-5-2-3-6-15/h4,7-8,11,15,17,19,31H,2-3,5-6,9-10,12-14H2,1H3,(H,30,36)/t17-,19+/m0/s1. The Bertz CT molecular complexity index is 1250. The minimum atomic E-state index is -4.45. The maximum atomic E-state index is 14.7. The Morgan fingerprint density at radius 3 is 2.70 bits per heavy atom. The molecule has 2 aliphatic rings. The number of carbonyl (C=O) groups excluding carboxylic acids is 1. The smallest absolute Gasteiger partial charge is 0.379 e. The quantitative estimate of drug-likeness (QED) is 0.415. The number of aromatic nitrogens is 3. The number of amides is 1. The van der Waals surface area contributed by atoms with Gasteiger partial charge in [-0.15, -0.1) is 10.2 Å². The predicted octanol–water partition coefficient (Wildman–Crippen LogP) is 4.98. The van der Waals surface area contributed by atoms with Gasteiger partial charge in [0.05, 0.1) is 23.8 Å². The zero-order chi connectivity index (χ0) is 26.2. The average molecular weight is 539 g/mol. The first kappa shape index (κ1) is 25.9. The summed E-state index contributed by atoms with van der Waals surface area (Å²) in [7, 11) is 1.86. The molecule has 5 rings (SSSR count). The molecule has 200 valence electrons. The van der Waals surface area contributed by atoms with Crippen LogP contribution in [0.4, 0.5) is 23.2 Å². The predicted molar refractivity (Wildman–Crippen MR) is 135 cm³/mol. The van der Waals surface area contributed by atoms with E-state index in [0.717, 1.165) is 43.6 Å². The normalized spacial score (nSPS) is 21.5. The summed E-state index contributed by atoms with van der Waals surface area (Å²) in [6.45, 7) is 0.0357. The number of nitrogens with one attached hydrogen (secondary N) is 2. The number of benzene rings is 1. The molecule has 37 heavy (non-hydrogen) atoms. The molecule has 3 heterocycles. The first-order valence-corrected chi connectivity index (χ1v) is 13.4. The number of fused-ring (bicyclic) bond motifs is 1. The summed E-state index contributed by atoms with van der Waals surface area (Å²) in [6, 6.07) is 6.30. The van der Waals surface area contributed by atoms with Gasteiger partial charge in [0.2, 0.25) is 5.91 Å². The van der Waals surface area contributed by atoms with E-state index in [2.05, 4.69) is 20.8 Å². The highest BCUT2D eigenvalue weighted by Crippen LogP contribution is 2.37. The van der Waals surface area contributed by atoms with E-state index in [1.165, 1.54) is 4.57 Å². The molecule has 2 aromatic heterocycles. The van der Waals surface area contributed by atoms with Crippen molar-refractivity contribution in [1.82, 2.24) is 25.0 Å². The fraction of sp³-hybridized carbons (Fsp3) is 0.560. The molecule has 0 radical (unpaired) electrons. The molecule has 0 spiro atoms. The summed E-state index contributed by atoms with van der Waals surface area (Å²) in [5.41, 5.74) is 1.25. The molecular weight excluding hydrogens is 508 g/mol. The lowest BCUT2D eigenvalue weighted by molar-refractivity contribution is -0.139. The molecule has 1 aliphatic carbocycles. The lowest BCUT2D eigenvalue weighted by Gasteiger charge is -2.33. The number of rotatable bonds is 7. The molecule has 2 atom stereocenters. The number of carbonyl (C=O) groups is 1. The van der Waals surface area contributed by atoms with Gasteiger partial charge >= 0.3 is 6.18 Å². The van der Waals surface area contributed by atoms with Gasteiger partial charge in [-0.05, 0) is 44.5 Å². The number of anilines is 1.